The van der Waals surface area contributed by atoms with E-state index in [1.165, 1.54) is 206 Å². The molecular weight excluding hydrogens is 576 g/mol. The van der Waals surface area contributed by atoms with Crippen LogP contribution in [0.5, 0.6) is 0 Å². The number of hydrogen-bond acceptors (Lipinski definition) is 3. The largest absolute Gasteiger partial charge is 0.459 e. The summed E-state index contributed by atoms with van der Waals surface area (Å²) in [5.41, 5.74) is 0. The van der Waals surface area contributed by atoms with Crippen molar-refractivity contribution in [2.24, 2.45) is 0 Å². The zero-order valence-corrected chi connectivity index (χ0v) is 31.1. The molecule has 0 aromatic carbocycles. The van der Waals surface area contributed by atoms with Crippen LogP contribution in [0.25, 0.3) is 0 Å². The SMILES string of the molecule is C#CC(O)/C=C/CCCCCCCCCCCCCCCCCCCCCCCCCCCCCCCCC/C=C\C#CC(=O)OC. The Balaban J connectivity index is 3.13. The molecule has 0 aromatic heterocycles. The zero-order valence-electron chi connectivity index (χ0n) is 31.1. The van der Waals surface area contributed by atoms with E-state index in [4.69, 9.17) is 6.42 Å². The van der Waals surface area contributed by atoms with Crippen molar-refractivity contribution in [2.75, 3.05) is 7.11 Å². The molecule has 1 atom stereocenters. The van der Waals surface area contributed by atoms with Crippen LogP contribution < -0.4 is 0 Å². The van der Waals surface area contributed by atoms with Crippen molar-refractivity contribution in [3.05, 3.63) is 24.3 Å². The molecule has 1 N–H and O–H groups in total. The van der Waals surface area contributed by atoms with Gasteiger partial charge < -0.3 is 9.84 Å². The van der Waals surface area contributed by atoms with Gasteiger partial charge in [0.15, 0.2) is 0 Å². The summed E-state index contributed by atoms with van der Waals surface area (Å²) in [4.78, 5) is 10.9. The van der Waals surface area contributed by atoms with Crippen LogP contribution in [-0.2, 0) is 9.53 Å². The highest BCUT2D eigenvalue weighted by Crippen LogP contribution is 2.17. The molecule has 0 aliphatic carbocycles. The van der Waals surface area contributed by atoms with Crippen LogP contribution in [0, 0.1) is 24.2 Å². The molecule has 0 amide bonds. The molecule has 0 aliphatic heterocycles. The zero-order chi connectivity index (χ0) is 34.1. The van der Waals surface area contributed by atoms with Crippen LogP contribution in [0.15, 0.2) is 24.3 Å². The quantitative estimate of drug-likeness (QED) is 0.0244. The number of terminal acetylenes is 1. The van der Waals surface area contributed by atoms with E-state index in [1.54, 1.807) is 12.2 Å². The maximum atomic E-state index is 10.9. The molecular formula is C44H76O3. The average Bonchev–Trinajstić information content (AvgIpc) is 3.08. The summed E-state index contributed by atoms with van der Waals surface area (Å²) in [6, 6.07) is 0. The fourth-order valence-electron chi connectivity index (χ4n) is 6.23. The number of aliphatic hydroxyl groups excluding tert-OH is 1. The molecule has 0 bridgehead atoms. The highest BCUT2D eigenvalue weighted by Gasteiger charge is 1.97. The van der Waals surface area contributed by atoms with E-state index in [1.807, 2.05) is 6.08 Å². The van der Waals surface area contributed by atoms with Crippen molar-refractivity contribution < 1.29 is 14.6 Å². The number of rotatable bonds is 35. The number of esters is 1. The molecule has 0 heterocycles. The maximum absolute atomic E-state index is 10.9. The Labute approximate surface area is 293 Å². The first-order chi connectivity index (χ1) is 23.2. The molecule has 270 valence electrons. The van der Waals surface area contributed by atoms with Gasteiger partial charge in [-0.3, -0.25) is 0 Å². The van der Waals surface area contributed by atoms with E-state index in [0.717, 1.165) is 12.8 Å². The van der Waals surface area contributed by atoms with E-state index in [2.05, 4.69) is 28.6 Å². The minimum atomic E-state index is -0.712. The molecule has 1 unspecified atom stereocenters. The molecule has 0 saturated heterocycles. The van der Waals surface area contributed by atoms with E-state index in [0.29, 0.717) is 0 Å². The lowest BCUT2D eigenvalue weighted by Gasteiger charge is -2.05. The van der Waals surface area contributed by atoms with Crippen LogP contribution >= 0.6 is 0 Å². The normalized spacial score (nSPS) is 11.9. The number of ether oxygens (including phenoxy) is 1. The number of carbonyl (C=O) groups is 1. The smallest absolute Gasteiger partial charge is 0.384 e. The summed E-state index contributed by atoms with van der Waals surface area (Å²) in [5, 5.41) is 9.27. The Kier molecular flexibility index (Phi) is 38.5. The molecule has 0 spiro atoms. The van der Waals surface area contributed by atoms with Crippen LogP contribution in [0.3, 0.4) is 0 Å². The molecule has 0 rings (SSSR count). The molecule has 0 aliphatic rings. The van der Waals surface area contributed by atoms with Gasteiger partial charge in [0.2, 0.25) is 0 Å². The number of unbranched alkanes of at least 4 members (excludes halogenated alkanes) is 32. The molecule has 0 radical (unpaired) electrons. The fourth-order valence-corrected chi connectivity index (χ4v) is 6.23. The van der Waals surface area contributed by atoms with Gasteiger partial charge in [0.25, 0.3) is 0 Å². The van der Waals surface area contributed by atoms with Gasteiger partial charge in [-0.2, -0.15) is 0 Å². The number of hydrogen-bond donors (Lipinski definition) is 1. The summed E-state index contributed by atoms with van der Waals surface area (Å²) < 4.78 is 4.48. The lowest BCUT2D eigenvalue weighted by molar-refractivity contribution is -0.133. The van der Waals surface area contributed by atoms with Crippen LogP contribution in [0.4, 0.5) is 0 Å². The van der Waals surface area contributed by atoms with Gasteiger partial charge >= 0.3 is 5.97 Å². The predicted octanol–water partition coefficient (Wildman–Crippen LogP) is 13.1. The number of aliphatic hydroxyl groups is 1. The molecule has 3 nitrogen and oxygen atoms in total. The second-order valence-electron chi connectivity index (χ2n) is 13.7. The second kappa shape index (κ2) is 40.2. The lowest BCUT2D eigenvalue weighted by atomic mass is 10.0. The Morgan fingerprint density at radius 1 is 0.532 bits per heavy atom. The summed E-state index contributed by atoms with van der Waals surface area (Å²) in [7, 11) is 1.35. The number of methoxy groups -OCH3 is 1. The number of carbonyl (C=O) groups excluding carboxylic acids is 1. The third-order valence-corrected chi connectivity index (χ3v) is 9.29. The monoisotopic (exact) mass is 653 g/mol. The van der Waals surface area contributed by atoms with Crippen molar-refractivity contribution in [2.45, 2.75) is 218 Å². The average molecular weight is 653 g/mol. The van der Waals surface area contributed by atoms with E-state index >= 15 is 0 Å². The van der Waals surface area contributed by atoms with Crippen LogP contribution in [0.1, 0.15) is 212 Å². The van der Waals surface area contributed by atoms with Crippen LogP contribution in [0.2, 0.25) is 0 Å². The van der Waals surface area contributed by atoms with Gasteiger partial charge in [-0.15, -0.1) is 6.42 Å². The minimum absolute atomic E-state index is 0.476. The van der Waals surface area contributed by atoms with Gasteiger partial charge in [-0.05, 0) is 37.8 Å². The summed E-state index contributed by atoms with van der Waals surface area (Å²) >= 11 is 0. The van der Waals surface area contributed by atoms with Crippen LogP contribution in [-0.4, -0.2) is 24.3 Å². The molecule has 0 fully saturated rings. The van der Waals surface area contributed by atoms with Crippen molar-refractivity contribution in [1.29, 1.82) is 0 Å². The Morgan fingerprint density at radius 2 is 0.809 bits per heavy atom. The van der Waals surface area contributed by atoms with Crippen molar-refractivity contribution in [3.8, 4) is 24.2 Å². The van der Waals surface area contributed by atoms with E-state index in [9.17, 15) is 9.90 Å². The minimum Gasteiger partial charge on any atom is -0.459 e. The lowest BCUT2D eigenvalue weighted by Crippen LogP contribution is -1.95. The molecule has 0 saturated carbocycles. The standard InChI is InChI=1S/C44H76O3/c1-3-43(45)41-39-37-35-33-31-29-27-25-23-21-19-17-15-13-11-9-7-5-4-6-8-10-12-14-16-18-20-22-24-26-28-30-32-34-36-38-40-42-44(46)47-2/h1,36,38-39,41,43,45H,4-35,37H2,2H3/b38-36-,41-39+. The topological polar surface area (TPSA) is 46.5 Å². The third-order valence-electron chi connectivity index (χ3n) is 9.29. The Bertz CT molecular complexity index is 808. The third kappa shape index (κ3) is 40.1. The fraction of sp³-hybridized carbons (Fsp3) is 0.795. The molecule has 3 heteroatoms. The van der Waals surface area contributed by atoms with Gasteiger partial charge in [-0.1, -0.05) is 210 Å². The predicted molar refractivity (Wildman–Crippen MR) is 205 cm³/mol. The first kappa shape index (κ1) is 45.0. The van der Waals surface area contributed by atoms with Gasteiger partial charge in [0.1, 0.15) is 6.10 Å². The molecule has 47 heavy (non-hydrogen) atoms. The summed E-state index contributed by atoms with van der Waals surface area (Å²) in [5.74, 6) is 6.94. The van der Waals surface area contributed by atoms with E-state index < -0.39 is 12.1 Å². The second-order valence-corrected chi connectivity index (χ2v) is 13.7. The van der Waals surface area contributed by atoms with Gasteiger partial charge in [-0.25, -0.2) is 4.79 Å². The van der Waals surface area contributed by atoms with Gasteiger partial charge in [0, 0.05) is 5.92 Å². The first-order valence-corrected chi connectivity index (χ1v) is 20.3. The Morgan fingerprint density at radius 3 is 1.09 bits per heavy atom. The van der Waals surface area contributed by atoms with Crippen molar-refractivity contribution in [3.63, 3.8) is 0 Å². The highest BCUT2D eigenvalue weighted by molar-refractivity contribution is 5.88. The first-order valence-electron chi connectivity index (χ1n) is 20.3. The summed E-state index contributed by atoms with van der Waals surface area (Å²) in [6.45, 7) is 0. The Hall–Kier alpha value is -1.97. The van der Waals surface area contributed by atoms with Crippen molar-refractivity contribution >= 4 is 5.97 Å². The number of allylic oxidation sites excluding steroid dienone is 3. The maximum Gasteiger partial charge on any atom is 0.384 e. The highest BCUT2D eigenvalue weighted by atomic mass is 16.5. The van der Waals surface area contributed by atoms with Crippen molar-refractivity contribution in [1.82, 2.24) is 0 Å². The summed E-state index contributed by atoms with van der Waals surface area (Å²) in [6.07, 6.45) is 57.6. The van der Waals surface area contributed by atoms with Gasteiger partial charge in [0.05, 0.1) is 7.11 Å². The molecule has 0 aromatic rings. The van der Waals surface area contributed by atoms with E-state index in [-0.39, 0.29) is 0 Å².